The summed E-state index contributed by atoms with van der Waals surface area (Å²) in [5.41, 5.74) is 2.42. The summed E-state index contributed by atoms with van der Waals surface area (Å²) in [6, 6.07) is 15.1. The molecule has 0 fully saturated rings. The zero-order valence-electron chi connectivity index (χ0n) is 15.0. The van der Waals surface area contributed by atoms with Crippen molar-refractivity contribution in [2.45, 2.75) is 19.6 Å². The van der Waals surface area contributed by atoms with Crippen LogP contribution >= 0.6 is 0 Å². The van der Waals surface area contributed by atoms with Crippen molar-refractivity contribution in [3.63, 3.8) is 0 Å². The van der Waals surface area contributed by atoms with E-state index in [-0.39, 0.29) is 11.3 Å². The van der Waals surface area contributed by atoms with Gasteiger partial charge in [-0.3, -0.25) is 9.48 Å². The summed E-state index contributed by atoms with van der Waals surface area (Å²) >= 11 is 0. The number of alkyl halides is 3. The Morgan fingerprint density at radius 1 is 1.14 bits per heavy atom. The lowest BCUT2D eigenvalue weighted by Crippen LogP contribution is -2.19. The molecular formula is C20H18F3N3O2. The van der Waals surface area contributed by atoms with Crippen molar-refractivity contribution in [2.75, 3.05) is 11.9 Å². The third-order valence-electron chi connectivity index (χ3n) is 3.97. The maximum absolute atomic E-state index is 12.4. The molecule has 3 rings (SSSR count). The number of benzene rings is 2. The van der Waals surface area contributed by atoms with Crippen molar-refractivity contribution in [1.82, 2.24) is 9.78 Å². The Morgan fingerprint density at radius 3 is 2.68 bits per heavy atom. The molecule has 146 valence electrons. The molecule has 0 atom stereocenters. The maximum Gasteiger partial charge on any atom is 0.422 e. The van der Waals surface area contributed by atoms with Gasteiger partial charge in [0.2, 0.25) is 0 Å². The summed E-state index contributed by atoms with van der Waals surface area (Å²) in [5, 5.41) is 6.94. The highest BCUT2D eigenvalue weighted by Crippen LogP contribution is 2.20. The minimum absolute atomic E-state index is 0.0324. The molecule has 0 saturated heterocycles. The van der Waals surface area contributed by atoms with Crippen LogP contribution in [0, 0.1) is 6.92 Å². The molecule has 0 aliphatic rings. The summed E-state index contributed by atoms with van der Waals surface area (Å²) in [7, 11) is 0. The average molecular weight is 389 g/mol. The van der Waals surface area contributed by atoms with Gasteiger partial charge >= 0.3 is 6.18 Å². The van der Waals surface area contributed by atoms with Crippen LogP contribution in [0.3, 0.4) is 0 Å². The largest absolute Gasteiger partial charge is 0.484 e. The van der Waals surface area contributed by atoms with Crippen LogP contribution in [0.4, 0.5) is 19.0 Å². The Hall–Kier alpha value is -3.29. The van der Waals surface area contributed by atoms with E-state index in [0.717, 1.165) is 11.1 Å². The smallest absolute Gasteiger partial charge is 0.422 e. The van der Waals surface area contributed by atoms with Crippen LogP contribution in [0.15, 0.2) is 60.8 Å². The molecule has 0 spiro atoms. The lowest BCUT2D eigenvalue weighted by molar-refractivity contribution is -0.153. The number of hydrogen-bond donors (Lipinski definition) is 1. The highest BCUT2D eigenvalue weighted by atomic mass is 19.4. The van der Waals surface area contributed by atoms with E-state index in [9.17, 15) is 18.0 Å². The van der Waals surface area contributed by atoms with E-state index in [4.69, 9.17) is 0 Å². The molecule has 1 amide bonds. The number of nitrogens with zero attached hydrogens (tertiary/aromatic N) is 2. The highest BCUT2D eigenvalue weighted by Gasteiger charge is 2.28. The number of anilines is 1. The van der Waals surface area contributed by atoms with Crippen LogP contribution in [0.25, 0.3) is 0 Å². The zero-order chi connectivity index (χ0) is 20.1. The van der Waals surface area contributed by atoms with E-state index in [1.807, 2.05) is 31.2 Å². The van der Waals surface area contributed by atoms with Crippen LogP contribution < -0.4 is 10.1 Å². The van der Waals surface area contributed by atoms with Gasteiger partial charge in [-0.25, -0.2) is 0 Å². The molecule has 8 heteroatoms. The SMILES string of the molecule is Cc1ccccc1Cn1ccc(NC(=O)c2cccc(OCC(F)(F)F)c2)n1. The number of halogens is 3. The number of nitrogens with one attached hydrogen (secondary N) is 1. The summed E-state index contributed by atoms with van der Waals surface area (Å²) in [6.07, 6.45) is -2.70. The van der Waals surface area contributed by atoms with Crippen molar-refractivity contribution < 1.29 is 22.7 Å². The summed E-state index contributed by atoms with van der Waals surface area (Å²) in [6.45, 7) is 1.15. The molecule has 0 saturated carbocycles. The highest BCUT2D eigenvalue weighted by molar-refractivity contribution is 6.03. The number of amides is 1. The summed E-state index contributed by atoms with van der Waals surface area (Å²) < 4.78 is 43.1. The molecule has 1 heterocycles. The fraction of sp³-hybridized carbons (Fsp3) is 0.200. The molecular weight excluding hydrogens is 371 g/mol. The summed E-state index contributed by atoms with van der Waals surface area (Å²) in [4.78, 5) is 12.4. The van der Waals surface area contributed by atoms with Crippen LogP contribution in [-0.2, 0) is 6.54 Å². The van der Waals surface area contributed by atoms with Crippen LogP contribution in [0.2, 0.25) is 0 Å². The van der Waals surface area contributed by atoms with Gasteiger partial charge in [-0.05, 0) is 36.2 Å². The number of hydrogen-bond acceptors (Lipinski definition) is 3. The predicted octanol–water partition coefficient (Wildman–Crippen LogP) is 4.43. The first-order valence-electron chi connectivity index (χ1n) is 8.49. The fourth-order valence-corrected chi connectivity index (χ4v) is 2.56. The van der Waals surface area contributed by atoms with Gasteiger partial charge in [0.25, 0.3) is 5.91 Å². The Kier molecular flexibility index (Phi) is 5.67. The number of carbonyl (C=O) groups excluding carboxylic acids is 1. The topological polar surface area (TPSA) is 56.2 Å². The van der Waals surface area contributed by atoms with Crippen LogP contribution in [0.1, 0.15) is 21.5 Å². The Morgan fingerprint density at radius 2 is 1.93 bits per heavy atom. The Bertz CT molecular complexity index is 967. The van der Waals surface area contributed by atoms with Crippen molar-refractivity contribution in [1.29, 1.82) is 0 Å². The van der Waals surface area contributed by atoms with Gasteiger partial charge in [-0.1, -0.05) is 30.3 Å². The second-order valence-electron chi connectivity index (χ2n) is 6.21. The Labute approximate surface area is 159 Å². The number of rotatable bonds is 6. The zero-order valence-corrected chi connectivity index (χ0v) is 15.0. The first-order chi connectivity index (χ1) is 13.3. The van der Waals surface area contributed by atoms with Crippen molar-refractivity contribution in [2.24, 2.45) is 0 Å². The monoisotopic (exact) mass is 389 g/mol. The van der Waals surface area contributed by atoms with Crippen LogP contribution in [-0.4, -0.2) is 28.5 Å². The molecule has 0 radical (unpaired) electrons. The van der Waals surface area contributed by atoms with E-state index in [1.54, 1.807) is 16.9 Å². The maximum atomic E-state index is 12.4. The van der Waals surface area contributed by atoms with Gasteiger partial charge in [-0.15, -0.1) is 0 Å². The van der Waals surface area contributed by atoms with Crippen molar-refractivity contribution >= 4 is 11.7 Å². The molecule has 0 unspecified atom stereocenters. The molecule has 3 aromatic rings. The van der Waals surface area contributed by atoms with E-state index < -0.39 is 18.7 Å². The van der Waals surface area contributed by atoms with Gasteiger partial charge in [0.05, 0.1) is 6.54 Å². The average Bonchev–Trinajstić information content (AvgIpc) is 3.08. The van der Waals surface area contributed by atoms with E-state index in [1.165, 1.54) is 24.3 Å². The third-order valence-corrected chi connectivity index (χ3v) is 3.97. The molecule has 0 bridgehead atoms. The van der Waals surface area contributed by atoms with Gasteiger partial charge in [0, 0.05) is 17.8 Å². The number of aryl methyl sites for hydroxylation is 1. The van der Waals surface area contributed by atoms with Crippen molar-refractivity contribution in [3.8, 4) is 5.75 Å². The lowest BCUT2D eigenvalue weighted by Gasteiger charge is -2.10. The predicted molar refractivity (Wildman–Crippen MR) is 98.5 cm³/mol. The summed E-state index contributed by atoms with van der Waals surface area (Å²) in [5.74, 6) is -0.172. The minimum atomic E-state index is -4.44. The molecule has 1 aromatic heterocycles. The first kappa shape index (κ1) is 19.5. The van der Waals surface area contributed by atoms with Gasteiger partial charge < -0.3 is 10.1 Å². The molecule has 0 aliphatic carbocycles. The molecule has 5 nitrogen and oxygen atoms in total. The second-order valence-corrected chi connectivity index (χ2v) is 6.21. The quantitative estimate of drug-likeness (QED) is 0.678. The second kappa shape index (κ2) is 8.16. The fourth-order valence-electron chi connectivity index (χ4n) is 2.56. The number of carbonyl (C=O) groups is 1. The van der Waals surface area contributed by atoms with Crippen molar-refractivity contribution in [3.05, 3.63) is 77.5 Å². The van der Waals surface area contributed by atoms with Gasteiger partial charge in [0.15, 0.2) is 12.4 Å². The first-order valence-corrected chi connectivity index (χ1v) is 8.49. The lowest BCUT2D eigenvalue weighted by atomic mass is 10.1. The third kappa shape index (κ3) is 5.35. The standard InChI is InChI=1S/C20H18F3N3O2/c1-14-5-2-3-6-16(14)12-26-10-9-18(25-26)24-19(27)15-7-4-8-17(11-15)28-13-20(21,22)23/h2-11H,12-13H2,1H3,(H,24,25,27). The Balaban J connectivity index is 1.64. The van der Waals surface area contributed by atoms with Crippen LogP contribution in [0.5, 0.6) is 5.75 Å². The normalized spacial score (nSPS) is 11.3. The van der Waals surface area contributed by atoms with E-state index in [2.05, 4.69) is 15.2 Å². The minimum Gasteiger partial charge on any atom is -0.484 e. The molecule has 2 aromatic carbocycles. The van der Waals surface area contributed by atoms with E-state index in [0.29, 0.717) is 12.4 Å². The number of aromatic nitrogens is 2. The molecule has 0 aliphatic heterocycles. The molecule has 28 heavy (non-hydrogen) atoms. The van der Waals surface area contributed by atoms with Gasteiger partial charge in [-0.2, -0.15) is 18.3 Å². The van der Waals surface area contributed by atoms with E-state index >= 15 is 0 Å². The number of ether oxygens (including phenoxy) is 1. The van der Waals surface area contributed by atoms with Gasteiger partial charge in [0.1, 0.15) is 5.75 Å². The molecule has 1 N–H and O–H groups in total.